The van der Waals surface area contributed by atoms with E-state index in [-0.39, 0.29) is 62.9 Å². The molecule has 0 unspecified atom stereocenters. The van der Waals surface area contributed by atoms with E-state index in [1.165, 1.54) is 0 Å². The Kier molecular flexibility index (Phi) is 54.1. The van der Waals surface area contributed by atoms with Crippen LogP contribution in [-0.2, 0) is 19.5 Å². The number of carboxylic acid groups (broad SMARTS) is 2. The van der Waals surface area contributed by atoms with Crippen LogP contribution in [0.5, 0.6) is 0 Å². The summed E-state index contributed by atoms with van der Waals surface area (Å²) in [7, 11) is 0. The zero-order chi connectivity index (χ0) is 3.58. The first-order chi connectivity index (χ1) is 1.73. The molecule has 0 aliphatic carbocycles. The van der Waals surface area contributed by atoms with Gasteiger partial charge < -0.3 is 11.6 Å². The normalized spacial score (nSPS) is 3.43. The Labute approximate surface area is 83.4 Å². The summed E-state index contributed by atoms with van der Waals surface area (Å²) >= 11 is 0. The van der Waals surface area contributed by atoms with Gasteiger partial charge in [0.1, 0.15) is 0 Å². The van der Waals surface area contributed by atoms with Crippen LogP contribution in [0.3, 0.4) is 0 Å². The zero-order valence-electron chi connectivity index (χ0n) is 4.92. The number of halogens is 1. The summed E-state index contributed by atoms with van der Waals surface area (Å²) in [4.78, 5) is 8.56. The van der Waals surface area contributed by atoms with Gasteiger partial charge in [0.25, 0.3) is 0 Å². The second-order valence-corrected chi connectivity index (χ2v) is 0.283. The van der Waals surface area contributed by atoms with Gasteiger partial charge in [-0.3, -0.25) is 0 Å². The van der Waals surface area contributed by atoms with Crippen LogP contribution in [0.25, 0.3) is 0 Å². The van der Waals surface area contributed by atoms with Gasteiger partial charge in [0, 0.05) is 19.5 Å². The Morgan fingerprint density at radius 3 is 1.43 bits per heavy atom. The quantitative estimate of drug-likeness (QED) is 0.422. The average molecular weight is 188 g/mol. The van der Waals surface area contributed by atoms with E-state index in [0.717, 1.165) is 0 Å². The molecule has 36 valence electrons. The number of rotatable bonds is 0. The van der Waals surface area contributed by atoms with Crippen molar-refractivity contribution >= 4 is 18.6 Å². The van der Waals surface area contributed by atoms with Crippen molar-refractivity contribution in [2.45, 2.75) is 0 Å². The summed E-state index contributed by atoms with van der Waals surface area (Å²) in [5.41, 5.74) is 0. The number of carbonyl (C=O) groups is 1. The molecule has 7 heavy (non-hydrogen) atoms. The molecule has 0 amide bonds. The van der Waals surface area contributed by atoms with Gasteiger partial charge in [-0.05, 0) is 0 Å². The van der Waals surface area contributed by atoms with Crippen LogP contribution in [0.15, 0.2) is 0 Å². The maximum absolute atomic E-state index is 8.56. The Balaban J connectivity index is -0.00000000750. The minimum absolute atomic E-state index is 0. The zero-order valence-corrected chi connectivity index (χ0v) is 9.70. The van der Waals surface area contributed by atoms with Crippen molar-refractivity contribution in [1.29, 1.82) is 0 Å². The topological polar surface area (TPSA) is 57.5 Å². The van der Waals surface area contributed by atoms with Gasteiger partial charge in [-0.25, -0.2) is 4.79 Å². The molecule has 0 aromatic carbocycles. The molecule has 0 aromatic heterocycles. The molecule has 3 nitrogen and oxygen atoms in total. The summed E-state index contributed by atoms with van der Waals surface area (Å²) in [6, 6.07) is 0. The van der Waals surface area contributed by atoms with Crippen molar-refractivity contribution in [2.75, 3.05) is 0 Å². The molecule has 0 heterocycles. The summed E-state index contributed by atoms with van der Waals surface area (Å²) in [5, 5.41) is 13.9. The monoisotopic (exact) mass is 186 g/mol. The van der Waals surface area contributed by atoms with Gasteiger partial charge in [-0.2, -0.15) is 0 Å². The van der Waals surface area contributed by atoms with E-state index >= 15 is 0 Å². The van der Waals surface area contributed by atoms with E-state index in [4.69, 9.17) is 15.0 Å². The average Bonchev–Trinajstić information content (AvgIpc) is 0.811. The van der Waals surface area contributed by atoms with Crippen LogP contribution in [0.1, 0.15) is 1.43 Å². The van der Waals surface area contributed by atoms with Gasteiger partial charge in [0.15, 0.2) is 0 Å². The largest absolute Gasteiger partial charge is 1.00 e. The fraction of sp³-hybridized carbons (Fsp3) is 0. The first-order valence-electron chi connectivity index (χ1n) is 0.651. The van der Waals surface area contributed by atoms with Crippen LogP contribution in [0, 0.1) is 0 Å². The fourth-order valence-electron chi connectivity index (χ4n) is 0. The predicted molar refractivity (Wildman–Crippen MR) is 19.0 cm³/mol. The molecule has 0 saturated carbocycles. The van der Waals surface area contributed by atoms with Gasteiger partial charge in [0.2, 0.25) is 0 Å². The third kappa shape index (κ3) is 138. The maximum atomic E-state index is 8.56. The maximum Gasteiger partial charge on any atom is 1.00 e. The minimum atomic E-state index is -1.83. The van der Waals surface area contributed by atoms with E-state index in [2.05, 4.69) is 0 Å². The molecule has 0 saturated heterocycles. The molecular weight excluding hydrogens is 184 g/mol. The Hall–Kier alpha value is 1.18. The molecule has 0 aromatic rings. The van der Waals surface area contributed by atoms with Crippen LogP contribution in [0.2, 0.25) is 0 Å². The summed E-state index contributed by atoms with van der Waals surface area (Å²) < 4.78 is 0. The molecule has 0 bridgehead atoms. The van der Waals surface area contributed by atoms with Crippen molar-refractivity contribution in [2.24, 2.45) is 0 Å². The molecule has 0 atom stereocenters. The van der Waals surface area contributed by atoms with Gasteiger partial charge in [-0.1, -0.05) is 0 Å². The Bertz CT molecular complexity index is 42.3. The first kappa shape index (κ1) is 24.1. The van der Waals surface area contributed by atoms with Gasteiger partial charge >= 0.3 is 35.7 Å². The van der Waals surface area contributed by atoms with E-state index in [9.17, 15) is 0 Å². The van der Waals surface area contributed by atoms with E-state index < -0.39 is 6.16 Å². The standard InChI is InChI=1S/CH2O3.ClH.Na.Zn.H/c2-1(3)4;;;;/h(H2,2,3,4);1H;;;/q;;+1;;-1. The fourth-order valence-corrected chi connectivity index (χ4v) is 0. The van der Waals surface area contributed by atoms with Crippen molar-refractivity contribution in [1.82, 2.24) is 0 Å². The SMILES string of the molecule is Cl.O=C(O)O.[H-].[Na+].[Zn]. The van der Waals surface area contributed by atoms with E-state index in [1.807, 2.05) is 0 Å². The summed E-state index contributed by atoms with van der Waals surface area (Å²) in [6.07, 6.45) is -1.83. The van der Waals surface area contributed by atoms with Crippen LogP contribution in [-0.4, -0.2) is 16.4 Å². The third-order valence-electron chi connectivity index (χ3n) is 0. The van der Waals surface area contributed by atoms with Crippen molar-refractivity contribution in [3.63, 3.8) is 0 Å². The van der Waals surface area contributed by atoms with Crippen LogP contribution >= 0.6 is 12.4 Å². The van der Waals surface area contributed by atoms with Crippen LogP contribution in [0.4, 0.5) is 4.79 Å². The molecular formula is CH4ClNaO3Zn. The van der Waals surface area contributed by atoms with Crippen LogP contribution < -0.4 is 29.6 Å². The summed E-state index contributed by atoms with van der Waals surface area (Å²) in [5.74, 6) is 0. The second-order valence-electron chi connectivity index (χ2n) is 0.283. The second kappa shape index (κ2) is 15.7. The third-order valence-corrected chi connectivity index (χ3v) is 0. The Morgan fingerprint density at radius 1 is 1.43 bits per heavy atom. The molecule has 2 N–H and O–H groups in total. The first-order valence-corrected chi connectivity index (χ1v) is 0.651. The number of hydrogen-bond acceptors (Lipinski definition) is 1. The molecule has 0 aliphatic heterocycles. The van der Waals surface area contributed by atoms with E-state index in [1.54, 1.807) is 0 Å². The van der Waals surface area contributed by atoms with Crippen molar-refractivity contribution in [3.8, 4) is 0 Å². The Morgan fingerprint density at radius 2 is 1.43 bits per heavy atom. The molecule has 0 fully saturated rings. The predicted octanol–water partition coefficient (Wildman–Crippen LogP) is -2.24. The summed E-state index contributed by atoms with van der Waals surface area (Å²) in [6.45, 7) is 0. The van der Waals surface area contributed by atoms with Crippen molar-refractivity contribution in [3.05, 3.63) is 0 Å². The van der Waals surface area contributed by atoms with Gasteiger partial charge in [0.05, 0.1) is 0 Å². The van der Waals surface area contributed by atoms with Gasteiger partial charge in [-0.15, -0.1) is 12.4 Å². The molecule has 0 spiro atoms. The molecule has 0 radical (unpaired) electrons. The van der Waals surface area contributed by atoms with E-state index in [0.29, 0.717) is 0 Å². The number of hydrogen-bond donors (Lipinski definition) is 2. The van der Waals surface area contributed by atoms with Crippen molar-refractivity contribution < 1.29 is 65.5 Å². The molecule has 0 aliphatic rings. The smallest absolute Gasteiger partial charge is 1.00 e. The minimum Gasteiger partial charge on any atom is -1.00 e. The molecule has 0 rings (SSSR count). The molecule has 6 heteroatoms.